The molecule has 0 saturated heterocycles. The zero-order chi connectivity index (χ0) is 16.5. The minimum absolute atomic E-state index is 0.0549. The van der Waals surface area contributed by atoms with E-state index in [2.05, 4.69) is 19.9 Å². The van der Waals surface area contributed by atoms with Crippen LogP contribution < -0.4 is 5.73 Å². The van der Waals surface area contributed by atoms with Crippen LogP contribution in [0.1, 0.15) is 30.0 Å². The van der Waals surface area contributed by atoms with E-state index in [9.17, 15) is 13.2 Å². The normalized spacial score (nSPS) is 12.5. The molecule has 0 saturated carbocycles. The summed E-state index contributed by atoms with van der Waals surface area (Å²) >= 11 is 0. The molecule has 0 radical (unpaired) electrons. The SMILES string of the molecule is [C-]#[N+]c1c(C#N)nn(C(C)c2cnc(C(F)(F)F)cn2)c1N. The van der Waals surface area contributed by atoms with Crippen LogP contribution in [0.15, 0.2) is 12.4 Å². The Kier molecular flexibility index (Phi) is 3.70. The second-order valence-corrected chi connectivity index (χ2v) is 4.25. The summed E-state index contributed by atoms with van der Waals surface area (Å²) in [5.41, 5.74) is 4.53. The summed E-state index contributed by atoms with van der Waals surface area (Å²) in [4.78, 5) is 10.1. The number of halogens is 3. The molecule has 1 atom stereocenters. The molecule has 0 aliphatic rings. The third-order valence-corrected chi connectivity index (χ3v) is 2.90. The van der Waals surface area contributed by atoms with Crippen molar-refractivity contribution in [3.05, 3.63) is 40.9 Å². The third-order valence-electron chi connectivity index (χ3n) is 2.90. The molecule has 10 heteroatoms. The number of nitrogens with zero attached hydrogens (tertiary/aromatic N) is 6. The Morgan fingerprint density at radius 2 is 2.09 bits per heavy atom. The molecule has 22 heavy (non-hydrogen) atoms. The summed E-state index contributed by atoms with van der Waals surface area (Å²) < 4.78 is 38.5. The molecule has 0 aliphatic carbocycles. The quantitative estimate of drug-likeness (QED) is 0.858. The van der Waals surface area contributed by atoms with Crippen molar-refractivity contribution in [3.8, 4) is 6.07 Å². The number of hydrogen-bond donors (Lipinski definition) is 1. The van der Waals surface area contributed by atoms with Crippen LogP contribution in [0.3, 0.4) is 0 Å². The van der Waals surface area contributed by atoms with Crippen molar-refractivity contribution in [2.24, 2.45) is 0 Å². The Bertz CT molecular complexity index is 777. The van der Waals surface area contributed by atoms with Crippen LogP contribution in [0, 0.1) is 17.9 Å². The van der Waals surface area contributed by atoms with E-state index in [0.717, 1.165) is 10.9 Å². The van der Waals surface area contributed by atoms with Crippen molar-refractivity contribution in [1.82, 2.24) is 19.7 Å². The van der Waals surface area contributed by atoms with Crippen LogP contribution >= 0.6 is 0 Å². The van der Waals surface area contributed by atoms with E-state index in [0.29, 0.717) is 6.20 Å². The largest absolute Gasteiger partial charge is 0.434 e. The molecule has 112 valence electrons. The van der Waals surface area contributed by atoms with E-state index in [1.165, 1.54) is 0 Å². The number of nitrogen functional groups attached to an aromatic ring is 1. The first kappa shape index (κ1) is 15.3. The second-order valence-electron chi connectivity index (χ2n) is 4.25. The fraction of sp³-hybridized carbons (Fsp3) is 0.250. The molecular formula is C12H8F3N7. The molecule has 2 aromatic rings. The summed E-state index contributed by atoms with van der Waals surface area (Å²) in [6, 6.07) is 1.05. The lowest BCUT2D eigenvalue weighted by atomic mass is 10.2. The van der Waals surface area contributed by atoms with Gasteiger partial charge in [-0.25, -0.2) is 9.83 Å². The van der Waals surface area contributed by atoms with Gasteiger partial charge < -0.3 is 5.73 Å². The number of nitrogens with two attached hydrogens (primary N) is 1. The van der Waals surface area contributed by atoms with Crippen molar-refractivity contribution >= 4 is 11.5 Å². The van der Waals surface area contributed by atoms with Gasteiger partial charge in [-0.3, -0.25) is 9.67 Å². The summed E-state index contributed by atoms with van der Waals surface area (Å²) in [6.07, 6.45) is -3.02. The molecule has 7 nitrogen and oxygen atoms in total. The number of alkyl halides is 3. The summed E-state index contributed by atoms with van der Waals surface area (Å²) in [7, 11) is 0. The average molecular weight is 307 g/mol. The molecule has 0 spiro atoms. The van der Waals surface area contributed by atoms with Crippen molar-refractivity contribution < 1.29 is 13.2 Å². The molecule has 0 aliphatic heterocycles. The maximum atomic E-state index is 12.4. The Morgan fingerprint density at radius 1 is 1.41 bits per heavy atom. The highest BCUT2D eigenvalue weighted by Crippen LogP contribution is 2.31. The van der Waals surface area contributed by atoms with E-state index in [-0.39, 0.29) is 22.9 Å². The monoisotopic (exact) mass is 307 g/mol. The standard InChI is InChI=1S/C12H8F3N7/c1-6(8-4-20-9(5-19-8)12(13,14)15)22-11(17)10(18-2)7(3-16)21-22/h4-6H,17H2,1H3. The molecule has 2 heterocycles. The molecule has 1 unspecified atom stereocenters. The van der Waals surface area contributed by atoms with E-state index in [4.69, 9.17) is 17.6 Å². The van der Waals surface area contributed by atoms with Gasteiger partial charge in [-0.05, 0) is 6.92 Å². The maximum absolute atomic E-state index is 12.4. The van der Waals surface area contributed by atoms with Gasteiger partial charge in [0.2, 0.25) is 0 Å². The lowest BCUT2D eigenvalue weighted by molar-refractivity contribution is -0.141. The van der Waals surface area contributed by atoms with Gasteiger partial charge in [0.15, 0.2) is 11.4 Å². The number of aromatic nitrogens is 4. The number of nitriles is 1. The Balaban J connectivity index is 2.41. The van der Waals surface area contributed by atoms with Gasteiger partial charge in [0.05, 0.1) is 30.7 Å². The van der Waals surface area contributed by atoms with Crippen LogP contribution in [0.4, 0.5) is 24.7 Å². The lowest BCUT2D eigenvalue weighted by Crippen LogP contribution is -2.15. The van der Waals surface area contributed by atoms with E-state index in [1.54, 1.807) is 13.0 Å². The molecule has 0 fully saturated rings. The van der Waals surface area contributed by atoms with Crippen molar-refractivity contribution in [2.75, 3.05) is 5.73 Å². The summed E-state index contributed by atoms with van der Waals surface area (Å²) in [5.74, 6) is -0.0549. The average Bonchev–Trinajstić information content (AvgIpc) is 2.81. The summed E-state index contributed by atoms with van der Waals surface area (Å²) in [5, 5.41) is 12.8. The van der Waals surface area contributed by atoms with Gasteiger partial charge in [-0.1, -0.05) is 0 Å². The minimum Gasteiger partial charge on any atom is -0.393 e. The highest BCUT2D eigenvalue weighted by atomic mass is 19.4. The second kappa shape index (κ2) is 5.33. The van der Waals surface area contributed by atoms with Gasteiger partial charge in [0.1, 0.15) is 11.9 Å². The summed E-state index contributed by atoms with van der Waals surface area (Å²) in [6.45, 7) is 8.54. The van der Waals surface area contributed by atoms with E-state index < -0.39 is 17.9 Å². The van der Waals surface area contributed by atoms with Gasteiger partial charge >= 0.3 is 6.18 Å². The van der Waals surface area contributed by atoms with Crippen LogP contribution in [0.5, 0.6) is 0 Å². The van der Waals surface area contributed by atoms with Gasteiger partial charge in [-0.2, -0.15) is 23.5 Å². The fourth-order valence-corrected chi connectivity index (χ4v) is 1.74. The first-order valence-electron chi connectivity index (χ1n) is 5.84. The van der Waals surface area contributed by atoms with E-state index >= 15 is 0 Å². The first-order valence-corrected chi connectivity index (χ1v) is 5.84. The van der Waals surface area contributed by atoms with Crippen molar-refractivity contribution in [2.45, 2.75) is 19.1 Å². The first-order chi connectivity index (χ1) is 10.3. The highest BCUT2D eigenvalue weighted by Gasteiger charge is 2.33. The van der Waals surface area contributed by atoms with Crippen LogP contribution in [0.25, 0.3) is 4.85 Å². The fourth-order valence-electron chi connectivity index (χ4n) is 1.74. The Hall–Kier alpha value is -3.14. The number of hydrogen-bond acceptors (Lipinski definition) is 5. The molecule has 0 amide bonds. The molecule has 2 aromatic heterocycles. The van der Waals surface area contributed by atoms with Crippen LogP contribution in [-0.2, 0) is 6.18 Å². The van der Waals surface area contributed by atoms with Gasteiger partial charge in [0, 0.05) is 0 Å². The predicted molar refractivity (Wildman–Crippen MR) is 68.5 cm³/mol. The van der Waals surface area contributed by atoms with Gasteiger partial charge in [0.25, 0.3) is 5.69 Å². The maximum Gasteiger partial charge on any atom is 0.434 e. The third kappa shape index (κ3) is 2.54. The molecule has 0 bridgehead atoms. The van der Waals surface area contributed by atoms with Crippen molar-refractivity contribution in [3.63, 3.8) is 0 Å². The molecule has 2 rings (SSSR count). The van der Waals surface area contributed by atoms with Crippen LogP contribution in [-0.4, -0.2) is 19.7 Å². The minimum atomic E-state index is -4.58. The topological polar surface area (TPSA) is 97.8 Å². The zero-order valence-corrected chi connectivity index (χ0v) is 11.1. The van der Waals surface area contributed by atoms with Gasteiger partial charge in [-0.15, -0.1) is 0 Å². The van der Waals surface area contributed by atoms with Crippen LogP contribution in [0.2, 0.25) is 0 Å². The van der Waals surface area contributed by atoms with Crippen molar-refractivity contribution in [1.29, 1.82) is 5.26 Å². The number of rotatable bonds is 2. The molecular weight excluding hydrogens is 299 g/mol. The highest BCUT2D eigenvalue weighted by molar-refractivity contribution is 5.70. The Morgan fingerprint density at radius 3 is 2.50 bits per heavy atom. The molecule has 0 aromatic carbocycles. The predicted octanol–water partition coefficient (Wildman–Crippen LogP) is 2.31. The molecule has 2 N–H and O–H groups in total. The smallest absolute Gasteiger partial charge is 0.393 e. The lowest BCUT2D eigenvalue weighted by Gasteiger charge is -2.14. The Labute approximate surface area is 122 Å². The zero-order valence-electron chi connectivity index (χ0n) is 11.1. The van der Waals surface area contributed by atoms with E-state index in [1.807, 2.05) is 0 Å². The number of anilines is 1.